The summed E-state index contributed by atoms with van der Waals surface area (Å²) in [6, 6.07) is 20.6. The zero-order valence-corrected chi connectivity index (χ0v) is 18.0. The maximum absolute atomic E-state index is 13.0. The summed E-state index contributed by atoms with van der Waals surface area (Å²) in [5.74, 6) is 0.166. The summed E-state index contributed by atoms with van der Waals surface area (Å²) in [6.45, 7) is 1.88. The normalized spacial score (nSPS) is 11.7. The number of carbonyl (C=O) groups is 2. The molecule has 3 aromatic rings. The van der Waals surface area contributed by atoms with Crippen LogP contribution in [-0.4, -0.2) is 36.4 Å². The molecule has 1 N–H and O–H groups in total. The highest BCUT2D eigenvalue weighted by Crippen LogP contribution is 2.25. The highest BCUT2D eigenvalue weighted by atomic mass is 79.9. The number of fused-ring (bicyclic) bond motifs is 1. The number of amides is 2. The minimum absolute atomic E-state index is 0.149. The Hall–Kier alpha value is -2.86. The Morgan fingerprint density at radius 2 is 1.79 bits per heavy atom. The Balaban J connectivity index is 1.79. The van der Waals surface area contributed by atoms with E-state index in [4.69, 9.17) is 4.74 Å². The molecule has 0 aromatic heterocycles. The molecule has 0 heterocycles. The zero-order valence-electron chi connectivity index (χ0n) is 16.4. The smallest absolute Gasteiger partial charge is 0.261 e. The lowest BCUT2D eigenvalue weighted by atomic mass is 10.1. The molecule has 0 aliphatic heterocycles. The van der Waals surface area contributed by atoms with Crippen molar-refractivity contribution in [2.75, 3.05) is 13.7 Å². The molecule has 0 radical (unpaired) electrons. The topological polar surface area (TPSA) is 58.6 Å². The number of halogens is 1. The predicted molar refractivity (Wildman–Crippen MR) is 118 cm³/mol. The van der Waals surface area contributed by atoms with E-state index in [2.05, 4.69) is 21.2 Å². The van der Waals surface area contributed by atoms with Crippen molar-refractivity contribution in [2.24, 2.45) is 0 Å². The van der Waals surface area contributed by atoms with Crippen LogP contribution in [0.25, 0.3) is 10.8 Å². The average Bonchev–Trinajstić information content (AvgIpc) is 2.74. The van der Waals surface area contributed by atoms with Gasteiger partial charge in [-0.15, -0.1) is 0 Å². The molecule has 150 valence electrons. The summed E-state index contributed by atoms with van der Waals surface area (Å²) in [5, 5.41) is 4.60. The van der Waals surface area contributed by atoms with Gasteiger partial charge in [0.1, 0.15) is 11.8 Å². The first-order chi connectivity index (χ1) is 14.0. The number of carbonyl (C=O) groups excluding carboxylic acids is 2. The number of rotatable bonds is 7. The van der Waals surface area contributed by atoms with Gasteiger partial charge in [-0.2, -0.15) is 0 Å². The Morgan fingerprint density at radius 3 is 2.55 bits per heavy atom. The molecule has 1 atom stereocenters. The van der Waals surface area contributed by atoms with Crippen molar-refractivity contribution in [1.29, 1.82) is 0 Å². The van der Waals surface area contributed by atoms with Crippen molar-refractivity contribution in [1.82, 2.24) is 10.2 Å². The van der Waals surface area contributed by atoms with Crippen LogP contribution in [0.3, 0.4) is 0 Å². The number of nitrogens with zero attached hydrogens (tertiary/aromatic N) is 1. The minimum atomic E-state index is -0.623. The van der Waals surface area contributed by atoms with Gasteiger partial charge in [0, 0.05) is 23.5 Å². The van der Waals surface area contributed by atoms with E-state index in [1.54, 1.807) is 14.0 Å². The molecule has 0 bridgehead atoms. The van der Waals surface area contributed by atoms with Gasteiger partial charge in [0.25, 0.3) is 5.91 Å². The van der Waals surface area contributed by atoms with Crippen LogP contribution in [0.15, 0.2) is 71.2 Å². The fourth-order valence-corrected chi connectivity index (χ4v) is 3.61. The van der Waals surface area contributed by atoms with Gasteiger partial charge >= 0.3 is 0 Å². The lowest BCUT2D eigenvalue weighted by Gasteiger charge is -2.28. The maximum atomic E-state index is 13.0. The van der Waals surface area contributed by atoms with Crippen molar-refractivity contribution in [3.8, 4) is 5.75 Å². The maximum Gasteiger partial charge on any atom is 0.261 e. The molecule has 0 unspecified atom stereocenters. The van der Waals surface area contributed by atoms with Gasteiger partial charge in [-0.3, -0.25) is 9.59 Å². The van der Waals surface area contributed by atoms with Gasteiger partial charge in [-0.05, 0) is 36.1 Å². The van der Waals surface area contributed by atoms with Crippen molar-refractivity contribution < 1.29 is 14.3 Å². The van der Waals surface area contributed by atoms with Gasteiger partial charge < -0.3 is 15.0 Å². The van der Waals surface area contributed by atoms with Gasteiger partial charge in [-0.25, -0.2) is 0 Å². The zero-order chi connectivity index (χ0) is 20.8. The molecule has 2 amide bonds. The summed E-state index contributed by atoms with van der Waals surface area (Å²) >= 11 is 3.45. The molecule has 0 aliphatic rings. The first kappa shape index (κ1) is 20.9. The first-order valence-electron chi connectivity index (χ1n) is 9.35. The van der Waals surface area contributed by atoms with Crippen LogP contribution >= 0.6 is 15.9 Å². The van der Waals surface area contributed by atoms with Crippen LogP contribution in [0, 0.1) is 0 Å². The molecule has 0 aliphatic carbocycles. The van der Waals surface area contributed by atoms with E-state index in [1.165, 1.54) is 4.90 Å². The second kappa shape index (κ2) is 9.56. The van der Waals surface area contributed by atoms with Gasteiger partial charge in [-0.1, -0.05) is 64.5 Å². The quantitative estimate of drug-likeness (QED) is 0.583. The van der Waals surface area contributed by atoms with Crippen LogP contribution in [0.5, 0.6) is 5.75 Å². The van der Waals surface area contributed by atoms with Crippen molar-refractivity contribution in [3.63, 3.8) is 0 Å². The third kappa shape index (κ3) is 5.15. The lowest BCUT2D eigenvalue weighted by Crippen LogP contribution is -2.48. The summed E-state index contributed by atoms with van der Waals surface area (Å²) in [5.41, 5.74) is 0.925. The molecule has 5 nitrogen and oxygen atoms in total. The monoisotopic (exact) mass is 454 g/mol. The van der Waals surface area contributed by atoms with Crippen LogP contribution in [0.2, 0.25) is 0 Å². The van der Waals surface area contributed by atoms with Crippen molar-refractivity contribution in [3.05, 3.63) is 76.8 Å². The Kier molecular flexibility index (Phi) is 6.88. The Morgan fingerprint density at radius 1 is 1.07 bits per heavy atom. The molecule has 0 fully saturated rings. The fourth-order valence-electron chi connectivity index (χ4n) is 3.17. The first-order valence-corrected chi connectivity index (χ1v) is 10.1. The minimum Gasteiger partial charge on any atom is -0.483 e. The largest absolute Gasteiger partial charge is 0.483 e. The number of hydrogen-bond acceptors (Lipinski definition) is 3. The number of nitrogens with one attached hydrogen (secondary N) is 1. The fraction of sp³-hybridized carbons (Fsp3) is 0.217. The second-order valence-corrected chi connectivity index (χ2v) is 7.62. The SMILES string of the molecule is CNC(=O)[C@@H](C)N(Cc1cccc(Br)c1)C(=O)COc1cccc2ccccc12. The third-order valence-corrected chi connectivity index (χ3v) is 5.25. The Bertz CT molecular complexity index is 1020. The highest BCUT2D eigenvalue weighted by Gasteiger charge is 2.26. The third-order valence-electron chi connectivity index (χ3n) is 4.76. The van der Waals surface area contributed by atoms with E-state index in [0.717, 1.165) is 20.8 Å². The molecule has 0 spiro atoms. The molecular formula is C23H23BrN2O3. The van der Waals surface area contributed by atoms with Crippen LogP contribution in [0.4, 0.5) is 0 Å². The van der Waals surface area contributed by atoms with Crippen molar-refractivity contribution in [2.45, 2.75) is 19.5 Å². The number of ether oxygens (including phenoxy) is 1. The molecular weight excluding hydrogens is 432 g/mol. The number of benzene rings is 3. The van der Waals surface area contributed by atoms with Crippen LogP contribution in [0.1, 0.15) is 12.5 Å². The summed E-state index contributed by atoms with van der Waals surface area (Å²) in [6.07, 6.45) is 0. The summed E-state index contributed by atoms with van der Waals surface area (Å²) < 4.78 is 6.77. The molecule has 3 rings (SSSR count). The van der Waals surface area contributed by atoms with Gasteiger partial charge in [0.2, 0.25) is 5.91 Å². The summed E-state index contributed by atoms with van der Waals surface area (Å²) in [4.78, 5) is 26.8. The molecule has 0 saturated carbocycles. The number of likely N-dealkylation sites (N-methyl/N-ethyl adjacent to an activating group) is 1. The van der Waals surface area contributed by atoms with E-state index in [9.17, 15) is 9.59 Å². The van der Waals surface area contributed by atoms with E-state index >= 15 is 0 Å². The summed E-state index contributed by atoms with van der Waals surface area (Å²) in [7, 11) is 1.56. The number of hydrogen-bond donors (Lipinski definition) is 1. The predicted octanol–water partition coefficient (Wildman–Crippen LogP) is 4.14. The second-order valence-electron chi connectivity index (χ2n) is 6.71. The van der Waals surface area contributed by atoms with Crippen LogP contribution in [-0.2, 0) is 16.1 Å². The molecule has 3 aromatic carbocycles. The highest BCUT2D eigenvalue weighted by molar-refractivity contribution is 9.10. The van der Waals surface area contributed by atoms with Crippen molar-refractivity contribution >= 4 is 38.5 Å². The average molecular weight is 455 g/mol. The van der Waals surface area contributed by atoms with E-state index in [-0.39, 0.29) is 18.4 Å². The van der Waals surface area contributed by atoms with E-state index < -0.39 is 6.04 Å². The van der Waals surface area contributed by atoms with Gasteiger partial charge in [0.05, 0.1) is 0 Å². The molecule has 0 saturated heterocycles. The standard InChI is InChI=1S/C23H23BrN2O3/c1-16(23(28)25-2)26(14-17-7-5-10-19(24)13-17)22(27)15-29-21-12-6-9-18-8-3-4-11-20(18)21/h3-13,16H,14-15H2,1-2H3,(H,25,28)/t16-/m1/s1. The Labute approximate surface area is 178 Å². The molecule has 6 heteroatoms. The molecule has 29 heavy (non-hydrogen) atoms. The lowest BCUT2D eigenvalue weighted by molar-refractivity contribution is -0.142. The van der Waals surface area contributed by atoms with Gasteiger partial charge in [0.15, 0.2) is 6.61 Å². The van der Waals surface area contributed by atoms with E-state index in [1.807, 2.05) is 66.7 Å². The van der Waals surface area contributed by atoms with E-state index in [0.29, 0.717) is 12.3 Å². The van der Waals surface area contributed by atoms with Crippen LogP contribution < -0.4 is 10.1 Å².